The van der Waals surface area contributed by atoms with Crippen LogP contribution in [-0.2, 0) is 21.6 Å². The van der Waals surface area contributed by atoms with Crippen LogP contribution in [0.4, 0.5) is 3.89 Å². The molecular formula is C10H13FN2O3S2. The number of halogens is 1. The zero-order chi connectivity index (χ0) is 13.2. The van der Waals surface area contributed by atoms with E-state index in [4.69, 9.17) is 0 Å². The predicted octanol–water partition coefficient (Wildman–Crippen LogP) is 0.649. The average molecular weight is 292 g/mol. The Bertz CT molecular complexity index is 507. The molecule has 1 saturated heterocycles. The summed E-state index contributed by atoms with van der Waals surface area (Å²) < 4.78 is 34.8. The standard InChI is InChI=1S/C10H13FN2O3S2/c11-18(15,16)13-5-3-12(4-6-13)10(14)8-9-2-1-7-17-9/h1-2,7H,3-6,8H2. The number of nitrogens with zero attached hydrogens (tertiary/aromatic N) is 2. The SMILES string of the molecule is O=C(Cc1cccs1)N1CCN(S(=O)(=O)F)CC1. The van der Waals surface area contributed by atoms with Gasteiger partial charge in [0.15, 0.2) is 0 Å². The molecule has 1 aliphatic heterocycles. The lowest BCUT2D eigenvalue weighted by Crippen LogP contribution is -2.50. The summed E-state index contributed by atoms with van der Waals surface area (Å²) in [7, 11) is -4.63. The van der Waals surface area contributed by atoms with Crippen LogP contribution in [0.3, 0.4) is 0 Å². The maximum absolute atomic E-state index is 12.7. The van der Waals surface area contributed by atoms with Crippen molar-refractivity contribution >= 4 is 27.7 Å². The summed E-state index contributed by atoms with van der Waals surface area (Å²) in [6.07, 6.45) is 0.319. The normalized spacial score (nSPS) is 17.9. The second-order valence-electron chi connectivity index (χ2n) is 3.98. The zero-order valence-corrected chi connectivity index (χ0v) is 11.2. The van der Waals surface area contributed by atoms with Gasteiger partial charge in [-0.25, -0.2) is 0 Å². The third kappa shape index (κ3) is 3.27. The predicted molar refractivity (Wildman–Crippen MR) is 66.2 cm³/mol. The number of hydrogen-bond donors (Lipinski definition) is 0. The van der Waals surface area contributed by atoms with Crippen LogP contribution in [0.25, 0.3) is 0 Å². The molecule has 1 amide bonds. The summed E-state index contributed by atoms with van der Waals surface area (Å²) >= 11 is 1.51. The second-order valence-corrected chi connectivity index (χ2v) is 6.35. The van der Waals surface area contributed by atoms with Gasteiger partial charge in [0, 0.05) is 31.1 Å². The van der Waals surface area contributed by atoms with E-state index in [0.717, 1.165) is 9.18 Å². The topological polar surface area (TPSA) is 57.7 Å². The minimum atomic E-state index is -4.63. The molecule has 0 radical (unpaired) electrons. The minimum Gasteiger partial charge on any atom is -0.340 e. The lowest BCUT2D eigenvalue weighted by atomic mass is 10.3. The third-order valence-corrected chi connectivity index (χ3v) is 4.66. The van der Waals surface area contributed by atoms with Crippen molar-refractivity contribution in [2.45, 2.75) is 6.42 Å². The number of amides is 1. The molecule has 0 aliphatic carbocycles. The number of piperazine rings is 1. The molecule has 1 fully saturated rings. The first-order valence-corrected chi connectivity index (χ1v) is 7.69. The molecule has 1 aromatic rings. The molecule has 0 aromatic carbocycles. The first-order valence-electron chi connectivity index (χ1n) is 5.47. The highest BCUT2D eigenvalue weighted by Crippen LogP contribution is 2.13. The van der Waals surface area contributed by atoms with Gasteiger partial charge in [-0.1, -0.05) is 9.95 Å². The van der Waals surface area contributed by atoms with Gasteiger partial charge in [-0.2, -0.15) is 12.7 Å². The van der Waals surface area contributed by atoms with E-state index in [9.17, 15) is 17.1 Å². The van der Waals surface area contributed by atoms with Crippen molar-refractivity contribution in [1.29, 1.82) is 0 Å². The Morgan fingerprint density at radius 3 is 2.50 bits per heavy atom. The molecule has 0 saturated carbocycles. The van der Waals surface area contributed by atoms with Crippen LogP contribution in [0.15, 0.2) is 17.5 Å². The van der Waals surface area contributed by atoms with Crippen molar-refractivity contribution in [3.8, 4) is 0 Å². The molecule has 0 unspecified atom stereocenters. The van der Waals surface area contributed by atoms with Gasteiger partial charge in [0.25, 0.3) is 0 Å². The van der Waals surface area contributed by atoms with Gasteiger partial charge in [-0.3, -0.25) is 4.79 Å². The molecule has 5 nitrogen and oxygen atoms in total. The Hall–Kier alpha value is -0.990. The summed E-state index contributed by atoms with van der Waals surface area (Å²) in [4.78, 5) is 14.4. The Kier molecular flexibility index (Phi) is 3.98. The van der Waals surface area contributed by atoms with Gasteiger partial charge in [0.05, 0.1) is 6.42 Å². The first kappa shape index (κ1) is 13.4. The van der Waals surface area contributed by atoms with Gasteiger partial charge in [0.2, 0.25) is 5.91 Å². The number of rotatable bonds is 3. The molecule has 18 heavy (non-hydrogen) atoms. The van der Waals surface area contributed by atoms with Gasteiger partial charge < -0.3 is 4.90 Å². The van der Waals surface area contributed by atoms with E-state index in [0.29, 0.717) is 6.42 Å². The Morgan fingerprint density at radius 2 is 2.00 bits per heavy atom. The van der Waals surface area contributed by atoms with Crippen molar-refractivity contribution in [1.82, 2.24) is 9.21 Å². The fourth-order valence-corrected chi connectivity index (χ4v) is 3.12. The quantitative estimate of drug-likeness (QED) is 0.769. The van der Waals surface area contributed by atoms with E-state index in [1.807, 2.05) is 17.5 Å². The lowest BCUT2D eigenvalue weighted by molar-refractivity contribution is -0.131. The van der Waals surface area contributed by atoms with Crippen molar-refractivity contribution in [3.63, 3.8) is 0 Å². The fourth-order valence-electron chi connectivity index (χ4n) is 1.83. The van der Waals surface area contributed by atoms with Crippen molar-refractivity contribution in [3.05, 3.63) is 22.4 Å². The van der Waals surface area contributed by atoms with Gasteiger partial charge >= 0.3 is 10.4 Å². The highest BCUT2D eigenvalue weighted by Gasteiger charge is 2.28. The Morgan fingerprint density at radius 1 is 1.33 bits per heavy atom. The summed E-state index contributed by atoms with van der Waals surface area (Å²) in [6.45, 7) is 0.532. The van der Waals surface area contributed by atoms with E-state index >= 15 is 0 Å². The van der Waals surface area contributed by atoms with Crippen LogP contribution < -0.4 is 0 Å². The summed E-state index contributed by atoms with van der Waals surface area (Å²) in [5.41, 5.74) is 0. The number of carbonyl (C=O) groups is 1. The molecule has 1 aliphatic rings. The second kappa shape index (κ2) is 5.33. The van der Waals surface area contributed by atoms with E-state index in [1.165, 1.54) is 11.3 Å². The molecule has 2 heterocycles. The Labute approximate surface area is 109 Å². The van der Waals surface area contributed by atoms with Gasteiger partial charge in [-0.15, -0.1) is 11.3 Å². The average Bonchev–Trinajstić information content (AvgIpc) is 2.81. The molecule has 1 aromatic heterocycles. The van der Waals surface area contributed by atoms with Crippen LogP contribution in [-0.4, -0.2) is 49.7 Å². The van der Waals surface area contributed by atoms with Gasteiger partial charge in [0.1, 0.15) is 0 Å². The zero-order valence-electron chi connectivity index (χ0n) is 9.58. The molecular weight excluding hydrogens is 279 g/mol. The minimum absolute atomic E-state index is 0.0228. The highest BCUT2D eigenvalue weighted by molar-refractivity contribution is 7.83. The van der Waals surface area contributed by atoms with E-state index < -0.39 is 10.4 Å². The van der Waals surface area contributed by atoms with Crippen molar-refractivity contribution in [2.24, 2.45) is 0 Å². The van der Waals surface area contributed by atoms with E-state index in [-0.39, 0.29) is 32.1 Å². The van der Waals surface area contributed by atoms with Crippen LogP contribution in [0, 0.1) is 0 Å². The molecule has 0 atom stereocenters. The monoisotopic (exact) mass is 292 g/mol. The smallest absolute Gasteiger partial charge is 0.340 e. The summed E-state index contributed by atoms with van der Waals surface area (Å²) in [5.74, 6) is -0.0478. The molecule has 100 valence electrons. The maximum atomic E-state index is 12.7. The van der Waals surface area contributed by atoms with E-state index in [2.05, 4.69) is 0 Å². The summed E-state index contributed by atoms with van der Waals surface area (Å²) in [5, 5.41) is 1.90. The Balaban J connectivity index is 1.88. The fraction of sp³-hybridized carbons (Fsp3) is 0.500. The number of hydrogen-bond acceptors (Lipinski definition) is 4. The number of thiophene rings is 1. The first-order chi connectivity index (χ1) is 8.47. The van der Waals surface area contributed by atoms with Crippen LogP contribution in [0.5, 0.6) is 0 Å². The maximum Gasteiger partial charge on any atom is 0.374 e. The number of carbonyl (C=O) groups excluding carboxylic acids is 1. The van der Waals surface area contributed by atoms with Crippen LogP contribution in [0.1, 0.15) is 4.88 Å². The van der Waals surface area contributed by atoms with Crippen LogP contribution >= 0.6 is 11.3 Å². The van der Waals surface area contributed by atoms with Crippen LogP contribution in [0.2, 0.25) is 0 Å². The third-order valence-electron chi connectivity index (χ3n) is 2.81. The molecule has 0 spiro atoms. The highest BCUT2D eigenvalue weighted by atomic mass is 32.3. The lowest BCUT2D eigenvalue weighted by Gasteiger charge is -2.31. The van der Waals surface area contributed by atoms with Gasteiger partial charge in [-0.05, 0) is 11.4 Å². The molecule has 0 N–H and O–H groups in total. The largest absolute Gasteiger partial charge is 0.374 e. The molecule has 0 bridgehead atoms. The molecule has 8 heteroatoms. The molecule has 2 rings (SSSR count). The van der Waals surface area contributed by atoms with Crippen molar-refractivity contribution < 1.29 is 17.1 Å². The van der Waals surface area contributed by atoms with Crippen molar-refractivity contribution in [2.75, 3.05) is 26.2 Å². The summed E-state index contributed by atoms with van der Waals surface area (Å²) in [6, 6.07) is 3.76. The van der Waals surface area contributed by atoms with E-state index in [1.54, 1.807) is 4.90 Å².